The highest BCUT2D eigenvalue weighted by molar-refractivity contribution is 7.18. The predicted molar refractivity (Wildman–Crippen MR) is 85.5 cm³/mol. The van der Waals surface area contributed by atoms with Gasteiger partial charge in [-0.05, 0) is 31.7 Å². The van der Waals surface area contributed by atoms with Gasteiger partial charge >= 0.3 is 0 Å². The molecule has 0 aromatic carbocycles. The van der Waals surface area contributed by atoms with Crippen LogP contribution >= 0.6 is 11.3 Å². The molecule has 0 radical (unpaired) electrons. The van der Waals surface area contributed by atoms with Crippen molar-refractivity contribution in [1.82, 2.24) is 15.3 Å². The summed E-state index contributed by atoms with van der Waals surface area (Å²) in [5.41, 5.74) is 1.19. The third-order valence-electron chi connectivity index (χ3n) is 3.96. The van der Waals surface area contributed by atoms with Gasteiger partial charge in [-0.1, -0.05) is 20.8 Å². The van der Waals surface area contributed by atoms with Gasteiger partial charge in [0, 0.05) is 10.9 Å². The minimum Gasteiger partial charge on any atom is -0.309 e. The van der Waals surface area contributed by atoms with Crippen LogP contribution in [0.2, 0.25) is 0 Å². The molecule has 0 spiro atoms. The molecule has 0 fully saturated rings. The van der Waals surface area contributed by atoms with Gasteiger partial charge in [-0.15, -0.1) is 11.3 Å². The standard InChI is InChI=1S/C15H23N3OS/c1-8-9(2)20-14-12(8)13(19)17-11(18-14)7-16-10(3)15(4,5)6/h10,16H,7H2,1-6H3,(H,17,18,19). The molecule has 5 heteroatoms. The summed E-state index contributed by atoms with van der Waals surface area (Å²) in [6, 6.07) is 0.343. The second kappa shape index (κ2) is 5.30. The van der Waals surface area contributed by atoms with Crippen LogP contribution in [0.4, 0.5) is 0 Å². The molecule has 1 unspecified atom stereocenters. The summed E-state index contributed by atoms with van der Waals surface area (Å²) in [7, 11) is 0. The van der Waals surface area contributed by atoms with Gasteiger partial charge in [0.15, 0.2) is 0 Å². The highest BCUT2D eigenvalue weighted by Crippen LogP contribution is 2.25. The van der Waals surface area contributed by atoms with E-state index < -0.39 is 0 Å². The molecule has 1 atom stereocenters. The van der Waals surface area contributed by atoms with Crippen LogP contribution in [-0.4, -0.2) is 16.0 Å². The third kappa shape index (κ3) is 2.94. The smallest absolute Gasteiger partial charge is 0.259 e. The van der Waals surface area contributed by atoms with E-state index >= 15 is 0 Å². The number of rotatable bonds is 3. The normalized spacial score (nSPS) is 13.9. The lowest BCUT2D eigenvalue weighted by atomic mass is 9.88. The molecule has 0 saturated carbocycles. The molecule has 2 N–H and O–H groups in total. The molecule has 0 saturated heterocycles. The minimum absolute atomic E-state index is 0.0305. The van der Waals surface area contributed by atoms with Crippen LogP contribution in [0.5, 0.6) is 0 Å². The molecule has 110 valence electrons. The van der Waals surface area contributed by atoms with Gasteiger partial charge in [0.05, 0.1) is 11.9 Å². The fraction of sp³-hybridized carbons (Fsp3) is 0.600. The van der Waals surface area contributed by atoms with E-state index in [1.54, 1.807) is 11.3 Å². The predicted octanol–water partition coefficient (Wildman–Crippen LogP) is 3.13. The summed E-state index contributed by atoms with van der Waals surface area (Å²) in [5, 5.41) is 4.16. The molecular formula is C15H23N3OS. The number of nitrogens with zero attached hydrogens (tertiary/aromatic N) is 1. The Balaban J connectivity index is 2.27. The van der Waals surface area contributed by atoms with Gasteiger partial charge < -0.3 is 10.3 Å². The van der Waals surface area contributed by atoms with E-state index in [-0.39, 0.29) is 11.0 Å². The van der Waals surface area contributed by atoms with Crippen LogP contribution in [0.3, 0.4) is 0 Å². The first-order valence-electron chi connectivity index (χ1n) is 6.92. The molecule has 2 aromatic rings. The van der Waals surface area contributed by atoms with Gasteiger partial charge in [0.25, 0.3) is 5.56 Å². The maximum Gasteiger partial charge on any atom is 0.259 e. The van der Waals surface area contributed by atoms with Crippen LogP contribution in [0.15, 0.2) is 4.79 Å². The summed E-state index contributed by atoms with van der Waals surface area (Å²) in [6.07, 6.45) is 0. The molecule has 2 aromatic heterocycles. The van der Waals surface area contributed by atoms with Crippen molar-refractivity contribution in [3.05, 3.63) is 26.6 Å². The van der Waals surface area contributed by atoms with Crippen LogP contribution < -0.4 is 10.9 Å². The van der Waals surface area contributed by atoms with Gasteiger partial charge in [0.2, 0.25) is 0 Å². The van der Waals surface area contributed by atoms with E-state index in [4.69, 9.17) is 0 Å². The average molecular weight is 293 g/mol. The van der Waals surface area contributed by atoms with Crippen molar-refractivity contribution < 1.29 is 0 Å². The first kappa shape index (κ1) is 15.2. The molecule has 20 heavy (non-hydrogen) atoms. The molecule has 2 rings (SSSR count). The number of fused-ring (bicyclic) bond motifs is 1. The van der Waals surface area contributed by atoms with Gasteiger partial charge in [-0.25, -0.2) is 4.98 Å². The van der Waals surface area contributed by atoms with Crippen LogP contribution in [-0.2, 0) is 6.54 Å². The highest BCUT2D eigenvalue weighted by atomic mass is 32.1. The van der Waals surface area contributed by atoms with Crippen molar-refractivity contribution in [3.63, 3.8) is 0 Å². The van der Waals surface area contributed by atoms with Crippen LogP contribution in [0.1, 0.15) is 44.0 Å². The number of aryl methyl sites for hydroxylation is 2. The molecule has 0 amide bonds. The largest absolute Gasteiger partial charge is 0.309 e. The molecule has 0 aliphatic rings. The molecule has 2 heterocycles. The molecule has 0 aliphatic carbocycles. The number of H-pyrrole nitrogens is 1. The Morgan fingerprint density at radius 1 is 1.35 bits per heavy atom. The summed E-state index contributed by atoms with van der Waals surface area (Å²) < 4.78 is 0. The first-order chi connectivity index (χ1) is 9.20. The lowest BCUT2D eigenvalue weighted by Gasteiger charge is -2.28. The van der Waals surface area contributed by atoms with E-state index in [1.807, 2.05) is 13.8 Å². The Hall–Kier alpha value is -1.20. The zero-order chi connectivity index (χ0) is 15.1. The fourth-order valence-corrected chi connectivity index (χ4v) is 2.99. The zero-order valence-corrected chi connectivity index (χ0v) is 13.9. The first-order valence-corrected chi connectivity index (χ1v) is 7.74. The summed E-state index contributed by atoms with van der Waals surface area (Å²) >= 11 is 1.59. The van der Waals surface area contributed by atoms with E-state index in [1.165, 1.54) is 0 Å². The summed E-state index contributed by atoms with van der Waals surface area (Å²) in [4.78, 5) is 21.6. The fourth-order valence-electron chi connectivity index (χ4n) is 1.94. The van der Waals surface area contributed by atoms with Crippen molar-refractivity contribution in [2.45, 2.75) is 54.1 Å². The van der Waals surface area contributed by atoms with Crippen molar-refractivity contribution in [2.24, 2.45) is 5.41 Å². The second-order valence-corrected chi connectivity index (χ2v) is 7.65. The lowest BCUT2D eigenvalue weighted by molar-refractivity contribution is 0.283. The van der Waals surface area contributed by atoms with Gasteiger partial charge in [0.1, 0.15) is 10.7 Å². The summed E-state index contributed by atoms with van der Waals surface area (Å²) in [5.74, 6) is 0.708. The SMILES string of the molecule is Cc1sc2nc(CNC(C)C(C)(C)C)[nH]c(=O)c2c1C. The molecular weight excluding hydrogens is 270 g/mol. The Labute approximate surface area is 123 Å². The highest BCUT2D eigenvalue weighted by Gasteiger charge is 2.19. The number of hydrogen-bond acceptors (Lipinski definition) is 4. The van der Waals surface area contributed by atoms with Gasteiger partial charge in [-0.2, -0.15) is 0 Å². The molecule has 4 nitrogen and oxygen atoms in total. The van der Waals surface area contributed by atoms with Crippen molar-refractivity contribution in [2.75, 3.05) is 0 Å². The molecule has 0 bridgehead atoms. The quantitative estimate of drug-likeness (QED) is 0.914. The number of thiophene rings is 1. The maximum atomic E-state index is 12.2. The van der Waals surface area contributed by atoms with Crippen molar-refractivity contribution >= 4 is 21.6 Å². The lowest BCUT2D eigenvalue weighted by Crippen LogP contribution is -2.37. The second-order valence-electron chi connectivity index (χ2n) is 6.44. The average Bonchev–Trinajstić information content (AvgIpc) is 2.61. The third-order valence-corrected chi connectivity index (χ3v) is 5.06. The van der Waals surface area contributed by atoms with Gasteiger partial charge in [-0.3, -0.25) is 4.79 Å². The number of hydrogen-bond donors (Lipinski definition) is 2. The van der Waals surface area contributed by atoms with Crippen molar-refractivity contribution in [3.8, 4) is 0 Å². The van der Waals surface area contributed by atoms with Crippen molar-refractivity contribution in [1.29, 1.82) is 0 Å². The Bertz CT molecular complexity index is 679. The molecule has 0 aliphatic heterocycles. The Morgan fingerprint density at radius 3 is 2.60 bits per heavy atom. The van der Waals surface area contributed by atoms with Crippen LogP contribution in [0.25, 0.3) is 10.2 Å². The Morgan fingerprint density at radius 2 is 2.00 bits per heavy atom. The maximum absolute atomic E-state index is 12.2. The number of aromatic amines is 1. The van der Waals surface area contributed by atoms with E-state index in [9.17, 15) is 4.79 Å². The summed E-state index contributed by atoms with van der Waals surface area (Å²) in [6.45, 7) is 13.3. The topological polar surface area (TPSA) is 57.8 Å². The van der Waals surface area contributed by atoms with E-state index in [2.05, 4.69) is 43.0 Å². The Kier molecular flexibility index (Phi) is 4.02. The minimum atomic E-state index is -0.0305. The number of aromatic nitrogens is 2. The monoisotopic (exact) mass is 293 g/mol. The number of nitrogens with one attached hydrogen (secondary N) is 2. The van der Waals surface area contributed by atoms with E-state index in [0.717, 1.165) is 20.7 Å². The van der Waals surface area contributed by atoms with E-state index in [0.29, 0.717) is 18.4 Å². The van der Waals surface area contributed by atoms with Crippen LogP contribution in [0, 0.1) is 19.3 Å². The zero-order valence-electron chi connectivity index (χ0n) is 13.0.